The number of hydrogen-bond acceptors (Lipinski definition) is 3. The molecule has 0 unspecified atom stereocenters. The fourth-order valence-corrected chi connectivity index (χ4v) is 4.27. The van der Waals surface area contributed by atoms with Crippen LogP contribution in [0.4, 0.5) is 11.4 Å². The minimum atomic E-state index is 0.212. The van der Waals surface area contributed by atoms with Crippen LogP contribution in [0.15, 0.2) is 36.7 Å². The van der Waals surface area contributed by atoms with Crippen molar-refractivity contribution in [3.8, 4) is 0 Å². The first kappa shape index (κ1) is 19.5. The number of aromatic nitrogens is 1. The molecule has 0 spiro atoms. The minimum Gasteiger partial charge on any atom is -0.325 e. The molecule has 2 aromatic rings. The van der Waals surface area contributed by atoms with Gasteiger partial charge in [-0.2, -0.15) is 0 Å². The Morgan fingerprint density at radius 1 is 0.852 bits per heavy atom. The molecule has 1 aromatic heterocycles. The van der Waals surface area contributed by atoms with Crippen LogP contribution in [0.1, 0.15) is 74.5 Å². The summed E-state index contributed by atoms with van der Waals surface area (Å²) in [6.45, 7) is 17.8. The average Bonchev–Trinajstić information content (AvgIpc) is 2.94. The van der Waals surface area contributed by atoms with Crippen molar-refractivity contribution in [1.29, 1.82) is 0 Å². The van der Waals surface area contributed by atoms with Crippen LogP contribution >= 0.6 is 0 Å². The van der Waals surface area contributed by atoms with Gasteiger partial charge in [0.15, 0.2) is 0 Å². The Balaban J connectivity index is 2.07. The minimum absolute atomic E-state index is 0.212. The Morgan fingerprint density at radius 3 is 1.85 bits per heavy atom. The SMILES string of the molecule is Cc1cc(C)c(N2C=CN(c3c(C(C)C)cccc3C(C)C)[C@H]2C)c(C)n1. The van der Waals surface area contributed by atoms with E-state index >= 15 is 0 Å². The van der Waals surface area contributed by atoms with Gasteiger partial charge in [0.2, 0.25) is 0 Å². The Hall–Kier alpha value is -2.29. The quantitative estimate of drug-likeness (QED) is 0.627. The summed E-state index contributed by atoms with van der Waals surface area (Å²) in [5, 5.41) is 0. The third kappa shape index (κ3) is 3.47. The van der Waals surface area contributed by atoms with Crippen LogP contribution in [0.3, 0.4) is 0 Å². The van der Waals surface area contributed by atoms with E-state index in [0.29, 0.717) is 11.8 Å². The third-order valence-corrected chi connectivity index (χ3v) is 5.54. The Bertz CT molecular complexity index is 815. The van der Waals surface area contributed by atoms with Gasteiger partial charge >= 0.3 is 0 Å². The van der Waals surface area contributed by atoms with E-state index in [-0.39, 0.29) is 6.17 Å². The van der Waals surface area contributed by atoms with E-state index in [9.17, 15) is 0 Å². The van der Waals surface area contributed by atoms with E-state index in [0.717, 1.165) is 11.4 Å². The zero-order chi connectivity index (χ0) is 19.9. The Morgan fingerprint density at radius 2 is 1.37 bits per heavy atom. The van der Waals surface area contributed by atoms with Crippen molar-refractivity contribution in [3.05, 3.63) is 64.7 Å². The summed E-state index contributed by atoms with van der Waals surface area (Å²) < 4.78 is 0. The summed E-state index contributed by atoms with van der Waals surface area (Å²) in [6.07, 6.45) is 4.65. The van der Waals surface area contributed by atoms with Gasteiger partial charge in [0.05, 0.1) is 11.4 Å². The molecule has 0 N–H and O–H groups in total. The zero-order valence-corrected chi connectivity index (χ0v) is 18.0. The molecule has 0 aliphatic carbocycles. The molecule has 3 nitrogen and oxygen atoms in total. The Labute approximate surface area is 164 Å². The van der Waals surface area contributed by atoms with Gasteiger partial charge in [-0.3, -0.25) is 4.98 Å². The van der Waals surface area contributed by atoms with Gasteiger partial charge in [0, 0.05) is 23.8 Å². The molecule has 0 bridgehead atoms. The molecule has 1 aromatic carbocycles. The van der Waals surface area contributed by atoms with Gasteiger partial charge in [0.25, 0.3) is 0 Å². The van der Waals surface area contributed by atoms with Crippen LogP contribution in [0.25, 0.3) is 0 Å². The molecule has 1 atom stereocenters. The lowest BCUT2D eigenvalue weighted by atomic mass is 9.92. The number of benzene rings is 1. The molecule has 0 fully saturated rings. The summed E-state index contributed by atoms with van der Waals surface area (Å²) in [7, 11) is 0. The van der Waals surface area contributed by atoms with Crippen molar-refractivity contribution in [1.82, 2.24) is 4.98 Å². The molecule has 144 valence electrons. The summed E-state index contributed by atoms with van der Waals surface area (Å²) in [5.41, 5.74) is 8.86. The van der Waals surface area contributed by atoms with E-state index in [1.165, 1.54) is 28.1 Å². The monoisotopic (exact) mass is 363 g/mol. The van der Waals surface area contributed by atoms with E-state index in [1.54, 1.807) is 0 Å². The molecule has 27 heavy (non-hydrogen) atoms. The number of nitrogens with zero attached hydrogens (tertiary/aromatic N) is 3. The largest absolute Gasteiger partial charge is 0.325 e. The van der Waals surface area contributed by atoms with Crippen molar-refractivity contribution in [2.45, 2.75) is 73.4 Å². The zero-order valence-electron chi connectivity index (χ0n) is 18.0. The summed E-state index contributed by atoms with van der Waals surface area (Å²) in [6, 6.07) is 8.93. The highest BCUT2D eigenvalue weighted by Crippen LogP contribution is 2.40. The van der Waals surface area contributed by atoms with Crippen LogP contribution in [-0.2, 0) is 0 Å². The second kappa shape index (κ2) is 7.38. The summed E-state index contributed by atoms with van der Waals surface area (Å²) in [5.74, 6) is 0.968. The van der Waals surface area contributed by atoms with Gasteiger partial charge < -0.3 is 9.80 Å². The van der Waals surface area contributed by atoms with Gasteiger partial charge in [-0.1, -0.05) is 45.9 Å². The van der Waals surface area contributed by atoms with Crippen molar-refractivity contribution in [3.63, 3.8) is 0 Å². The number of aryl methyl sites for hydroxylation is 3. The lowest BCUT2D eigenvalue weighted by Crippen LogP contribution is -2.37. The predicted molar refractivity (Wildman–Crippen MR) is 117 cm³/mol. The van der Waals surface area contributed by atoms with Crippen molar-refractivity contribution in [2.24, 2.45) is 0 Å². The van der Waals surface area contributed by atoms with E-state index in [1.807, 2.05) is 0 Å². The highest BCUT2D eigenvalue weighted by Gasteiger charge is 2.30. The number of pyridine rings is 1. The van der Waals surface area contributed by atoms with Crippen LogP contribution in [0, 0.1) is 20.8 Å². The number of hydrogen-bond donors (Lipinski definition) is 0. The smallest absolute Gasteiger partial charge is 0.107 e. The van der Waals surface area contributed by atoms with Crippen LogP contribution in [0.2, 0.25) is 0 Å². The van der Waals surface area contributed by atoms with Crippen molar-refractivity contribution < 1.29 is 0 Å². The molecule has 3 heteroatoms. The predicted octanol–water partition coefficient (Wildman–Crippen LogP) is 6.40. The lowest BCUT2D eigenvalue weighted by molar-refractivity contribution is 0.723. The molecule has 3 rings (SSSR count). The van der Waals surface area contributed by atoms with E-state index < -0.39 is 0 Å². The van der Waals surface area contributed by atoms with Gasteiger partial charge in [-0.05, 0) is 62.3 Å². The third-order valence-electron chi connectivity index (χ3n) is 5.54. The second-order valence-electron chi connectivity index (χ2n) is 8.35. The molecule has 2 heterocycles. The molecule has 1 aliphatic heterocycles. The normalized spacial score (nSPS) is 16.9. The first-order valence-electron chi connectivity index (χ1n) is 10.0. The van der Waals surface area contributed by atoms with Crippen LogP contribution in [0.5, 0.6) is 0 Å². The molecule has 0 amide bonds. The lowest BCUT2D eigenvalue weighted by Gasteiger charge is -2.35. The Kier molecular flexibility index (Phi) is 5.32. The van der Waals surface area contributed by atoms with E-state index in [4.69, 9.17) is 4.98 Å². The fraction of sp³-hybridized carbons (Fsp3) is 0.458. The molecular formula is C24H33N3. The molecule has 1 aliphatic rings. The highest BCUT2D eigenvalue weighted by molar-refractivity contribution is 5.70. The van der Waals surface area contributed by atoms with Crippen LogP contribution in [-0.4, -0.2) is 11.1 Å². The maximum atomic E-state index is 4.71. The first-order chi connectivity index (χ1) is 12.7. The first-order valence-corrected chi connectivity index (χ1v) is 10.0. The summed E-state index contributed by atoms with van der Waals surface area (Å²) in [4.78, 5) is 9.50. The molecular weight excluding hydrogens is 330 g/mol. The van der Waals surface area contributed by atoms with Crippen molar-refractivity contribution in [2.75, 3.05) is 9.80 Å². The summed E-state index contributed by atoms with van der Waals surface area (Å²) >= 11 is 0. The fourth-order valence-electron chi connectivity index (χ4n) is 4.27. The van der Waals surface area contributed by atoms with Gasteiger partial charge in [-0.25, -0.2) is 0 Å². The molecule has 0 saturated carbocycles. The molecule has 0 saturated heterocycles. The number of anilines is 2. The van der Waals surface area contributed by atoms with Gasteiger partial charge in [0.1, 0.15) is 6.17 Å². The number of rotatable bonds is 4. The maximum absolute atomic E-state index is 4.71. The van der Waals surface area contributed by atoms with Gasteiger partial charge in [-0.15, -0.1) is 0 Å². The maximum Gasteiger partial charge on any atom is 0.107 e. The van der Waals surface area contributed by atoms with Crippen molar-refractivity contribution >= 4 is 11.4 Å². The average molecular weight is 364 g/mol. The topological polar surface area (TPSA) is 19.4 Å². The second-order valence-corrected chi connectivity index (χ2v) is 8.35. The van der Waals surface area contributed by atoms with Crippen LogP contribution < -0.4 is 9.80 Å². The van der Waals surface area contributed by atoms with E-state index in [2.05, 4.69) is 102 Å². The number of para-hydroxylation sites is 1. The standard InChI is InChI=1S/C24H33N3/c1-15(2)21-10-9-11-22(16(3)4)24(21)27-13-12-26(20(27)8)23-17(5)14-18(6)25-19(23)7/h9-16,20H,1-8H3/t20-/m0/s1. The highest BCUT2D eigenvalue weighted by atomic mass is 15.4. The molecule has 0 radical (unpaired) electrons.